The molecule has 0 amide bonds. The number of hydrogen-bond donors (Lipinski definition) is 0. The summed E-state index contributed by atoms with van der Waals surface area (Å²) in [5, 5.41) is 0. The average Bonchev–Trinajstić information content (AvgIpc) is 1.88. The maximum Gasteiger partial charge on any atom is 0.591 e. The second-order valence-corrected chi connectivity index (χ2v) is 2.16. The van der Waals surface area contributed by atoms with Crippen molar-refractivity contribution in [3.05, 3.63) is 25.3 Å². The Balaban J connectivity index is 0. The molecule has 0 aliphatic heterocycles. The van der Waals surface area contributed by atoms with Gasteiger partial charge in [0, 0.05) is 0 Å². The Kier molecular flexibility index (Phi) is 11.8. The van der Waals surface area contributed by atoms with Crippen LogP contribution in [-0.4, -0.2) is 17.4 Å². The van der Waals surface area contributed by atoms with Crippen molar-refractivity contribution in [3.8, 4) is 0 Å². The highest BCUT2D eigenvalue weighted by molar-refractivity contribution is 7.62. The Morgan fingerprint density at radius 1 is 1.30 bits per heavy atom. The second kappa shape index (κ2) is 9.19. The maximum absolute atomic E-state index is 10.2. The van der Waals surface area contributed by atoms with Crippen LogP contribution in [0.4, 0.5) is 0 Å². The Labute approximate surface area is 82.6 Å². The summed E-state index contributed by atoms with van der Waals surface area (Å²) < 4.78 is 11.8. The normalized spacial score (nSPS) is 8.10. The largest absolute Gasteiger partial charge is 1.00 e. The molecule has 58 valence electrons. The summed E-state index contributed by atoms with van der Waals surface area (Å²) in [6.07, 6.45) is 3.38. The first-order chi connectivity index (χ1) is 4.35. The van der Waals surface area contributed by atoms with E-state index in [2.05, 4.69) is 13.2 Å². The van der Waals surface area contributed by atoms with Gasteiger partial charge in [-0.1, -0.05) is 12.2 Å². The van der Waals surface area contributed by atoms with E-state index in [0.717, 1.165) is 0 Å². The van der Waals surface area contributed by atoms with Crippen LogP contribution in [0.2, 0.25) is 0 Å². The van der Waals surface area contributed by atoms with E-state index in [1.54, 1.807) is 16.5 Å². The lowest BCUT2D eigenvalue weighted by molar-refractivity contribution is -0.00000304. The molecule has 4 heteroatoms. The number of halogens is 1. The topological polar surface area (TPSA) is 20.3 Å². The van der Waals surface area contributed by atoms with Crippen molar-refractivity contribution in [2.75, 3.05) is 13.1 Å². The third-order valence-corrected chi connectivity index (χ3v) is 1.28. The summed E-state index contributed by atoms with van der Waals surface area (Å²) in [6, 6.07) is 0. The lowest BCUT2D eigenvalue weighted by Crippen LogP contribution is -3.00. The smallest absolute Gasteiger partial charge is 0.591 e. The van der Waals surface area contributed by atoms with Crippen LogP contribution in [0.1, 0.15) is 0 Å². The van der Waals surface area contributed by atoms with Gasteiger partial charge < -0.3 is 24.0 Å². The first-order valence-corrected chi connectivity index (χ1v) is 3.31. The van der Waals surface area contributed by atoms with Crippen LogP contribution >= 0.6 is 0 Å². The first-order valence-electron chi connectivity index (χ1n) is 2.61. The van der Waals surface area contributed by atoms with Crippen molar-refractivity contribution in [1.82, 2.24) is 4.31 Å². The van der Waals surface area contributed by atoms with E-state index in [-0.39, 0.29) is 24.0 Å². The molecule has 0 aromatic carbocycles. The highest BCUT2D eigenvalue weighted by Gasteiger charge is 2.11. The molecule has 0 saturated heterocycles. The quantitative estimate of drug-likeness (QED) is 0.245. The van der Waals surface area contributed by atoms with Crippen LogP contribution < -0.4 is 24.0 Å². The molecule has 0 aromatic rings. The first kappa shape index (κ1) is 12.8. The molecular weight excluding hydrogens is 261 g/mol. The predicted octanol–water partition coefficient (Wildman–Crippen LogP) is -1.99. The minimum Gasteiger partial charge on any atom is -1.00 e. The molecule has 0 atom stereocenters. The molecule has 0 N–H and O–H groups in total. The van der Waals surface area contributed by atoms with Crippen LogP contribution in [0.5, 0.6) is 0 Å². The fraction of sp³-hybridized carbons (Fsp3) is 0.333. The van der Waals surface area contributed by atoms with Gasteiger partial charge in [-0.05, 0) is 4.31 Å². The van der Waals surface area contributed by atoms with Crippen molar-refractivity contribution in [1.29, 1.82) is 0 Å². The van der Waals surface area contributed by atoms with Gasteiger partial charge in [-0.3, -0.25) is 0 Å². The van der Waals surface area contributed by atoms with Crippen LogP contribution in [-0.2, 0) is 16.1 Å². The van der Waals surface area contributed by atoms with E-state index < -0.39 is 0 Å². The van der Waals surface area contributed by atoms with Crippen molar-refractivity contribution < 1.29 is 28.2 Å². The molecule has 0 aromatic heterocycles. The molecule has 10 heavy (non-hydrogen) atoms. The monoisotopic (exact) mass is 271 g/mol. The second-order valence-electron chi connectivity index (χ2n) is 1.50. The van der Waals surface area contributed by atoms with Gasteiger partial charge in [-0.15, -0.1) is 13.2 Å². The Morgan fingerprint density at radius 2 is 1.70 bits per heavy atom. The van der Waals surface area contributed by atoms with Crippen molar-refractivity contribution in [3.63, 3.8) is 0 Å². The van der Waals surface area contributed by atoms with E-state index in [4.69, 9.17) is 0 Å². The highest BCUT2D eigenvalue weighted by atomic mass is 127. The molecule has 0 fully saturated rings. The molecule has 0 aliphatic carbocycles. The van der Waals surface area contributed by atoms with E-state index in [1.807, 2.05) is 0 Å². The standard InChI is InChI=1S/C6H10NOS.HI/c1-3-5-7(9-8)6-4-2;/h3-4H,1-2,5-6H2;1H/q+1;/p-1. The van der Waals surface area contributed by atoms with Gasteiger partial charge in [-0.25, -0.2) is 0 Å². The Bertz CT molecular complexity index is 108. The fourth-order valence-corrected chi connectivity index (χ4v) is 0.756. The molecule has 0 spiro atoms. The minimum absolute atomic E-state index is 0. The predicted molar refractivity (Wildman–Crippen MR) is 40.0 cm³/mol. The summed E-state index contributed by atoms with van der Waals surface area (Å²) in [4.78, 5) is 0. The number of rotatable bonds is 5. The molecule has 0 unspecified atom stereocenters. The van der Waals surface area contributed by atoms with Gasteiger partial charge in [0.15, 0.2) is 0 Å². The average molecular weight is 271 g/mol. The van der Waals surface area contributed by atoms with Crippen LogP contribution in [0.15, 0.2) is 25.3 Å². The van der Waals surface area contributed by atoms with Gasteiger partial charge in [-0.2, -0.15) is 0 Å². The SMILES string of the molecule is C=CCN(CC=C)[S+]=O.[I-]. The van der Waals surface area contributed by atoms with Crippen LogP contribution in [0, 0.1) is 0 Å². The zero-order valence-corrected chi connectivity index (χ0v) is 8.60. The zero-order valence-electron chi connectivity index (χ0n) is 5.62. The summed E-state index contributed by atoms with van der Waals surface area (Å²) in [5.41, 5.74) is 0. The van der Waals surface area contributed by atoms with E-state index in [9.17, 15) is 4.21 Å². The van der Waals surface area contributed by atoms with Crippen molar-refractivity contribution >= 4 is 11.9 Å². The molecule has 0 bridgehead atoms. The summed E-state index contributed by atoms with van der Waals surface area (Å²) in [6.45, 7) is 8.23. The lowest BCUT2D eigenvalue weighted by Gasteiger charge is -1.92. The van der Waals surface area contributed by atoms with Gasteiger partial charge in [0.25, 0.3) is 0 Å². The van der Waals surface area contributed by atoms with Crippen molar-refractivity contribution in [2.24, 2.45) is 0 Å². The summed E-state index contributed by atoms with van der Waals surface area (Å²) in [5.74, 6) is 0. The molecule has 0 rings (SSSR count). The van der Waals surface area contributed by atoms with Crippen LogP contribution in [0.25, 0.3) is 0 Å². The molecular formula is C6H10INOS. The summed E-state index contributed by atoms with van der Waals surface area (Å²) in [7, 11) is 0. The third kappa shape index (κ3) is 6.31. The Morgan fingerprint density at radius 3 is 1.90 bits per heavy atom. The molecule has 0 heterocycles. The molecule has 2 nitrogen and oxygen atoms in total. The van der Waals surface area contributed by atoms with Gasteiger partial charge >= 0.3 is 11.9 Å². The fourth-order valence-electron chi connectivity index (χ4n) is 0.423. The zero-order chi connectivity index (χ0) is 7.11. The molecule has 0 saturated carbocycles. The Hall–Kier alpha value is 0.190. The summed E-state index contributed by atoms with van der Waals surface area (Å²) >= 11 is 0.460. The molecule has 0 radical (unpaired) electrons. The lowest BCUT2D eigenvalue weighted by atomic mass is 10.5. The third-order valence-electron chi connectivity index (χ3n) is 0.771. The minimum atomic E-state index is 0. The van der Waals surface area contributed by atoms with Gasteiger partial charge in [0.2, 0.25) is 0 Å². The number of hydrogen-bond acceptors (Lipinski definition) is 1. The van der Waals surface area contributed by atoms with Gasteiger partial charge in [0.05, 0.1) is 17.3 Å². The maximum atomic E-state index is 10.2. The molecule has 0 aliphatic rings. The van der Waals surface area contributed by atoms with E-state index in [1.165, 1.54) is 0 Å². The highest BCUT2D eigenvalue weighted by Crippen LogP contribution is 1.84. The van der Waals surface area contributed by atoms with Gasteiger partial charge in [0.1, 0.15) is 0 Å². The number of nitrogens with zero attached hydrogens (tertiary/aromatic N) is 1. The van der Waals surface area contributed by atoms with E-state index in [0.29, 0.717) is 24.9 Å². The van der Waals surface area contributed by atoms with E-state index >= 15 is 0 Å². The van der Waals surface area contributed by atoms with Crippen molar-refractivity contribution in [2.45, 2.75) is 0 Å². The van der Waals surface area contributed by atoms with Crippen LogP contribution in [0.3, 0.4) is 0 Å².